The summed E-state index contributed by atoms with van der Waals surface area (Å²) in [7, 11) is 0. The minimum absolute atomic E-state index is 0.00373. The molecule has 5 nitrogen and oxygen atoms in total. The van der Waals surface area contributed by atoms with Gasteiger partial charge in [-0.05, 0) is 30.3 Å². The van der Waals surface area contributed by atoms with E-state index in [1.165, 1.54) is 36.5 Å². The summed E-state index contributed by atoms with van der Waals surface area (Å²) in [4.78, 5) is 17.0. The molecule has 2 heterocycles. The predicted molar refractivity (Wildman–Crippen MR) is 85.5 cm³/mol. The second kappa shape index (κ2) is 6.47. The first-order valence-corrected chi connectivity index (χ1v) is 7.85. The third-order valence-electron chi connectivity index (χ3n) is 2.99. The number of rotatable bonds is 4. The molecule has 23 heavy (non-hydrogen) atoms. The van der Waals surface area contributed by atoms with Gasteiger partial charge >= 0.3 is 0 Å². The Kier molecular flexibility index (Phi) is 4.40. The summed E-state index contributed by atoms with van der Waals surface area (Å²) in [5.41, 5.74) is 0.546. The highest BCUT2D eigenvalue weighted by molar-refractivity contribution is 7.15. The van der Waals surface area contributed by atoms with Crippen LogP contribution >= 0.6 is 22.9 Å². The first kappa shape index (κ1) is 15.6. The van der Waals surface area contributed by atoms with Crippen LogP contribution in [-0.2, 0) is 11.3 Å². The van der Waals surface area contributed by atoms with Crippen LogP contribution in [-0.4, -0.2) is 16.0 Å². The van der Waals surface area contributed by atoms with Crippen molar-refractivity contribution in [1.29, 1.82) is 0 Å². The Bertz CT molecular complexity index is 862. The molecule has 118 valence electrons. The lowest BCUT2D eigenvalue weighted by Gasteiger charge is -1.96. The molecule has 8 heteroatoms. The maximum absolute atomic E-state index is 13.2. The number of nitrogens with zero attached hydrogens (tertiary/aromatic N) is 2. The highest BCUT2D eigenvalue weighted by atomic mass is 35.5. The van der Waals surface area contributed by atoms with E-state index in [4.69, 9.17) is 16.1 Å². The van der Waals surface area contributed by atoms with E-state index < -0.39 is 5.82 Å². The Labute approximate surface area is 140 Å². The van der Waals surface area contributed by atoms with Crippen LogP contribution in [0.2, 0.25) is 5.02 Å². The van der Waals surface area contributed by atoms with E-state index in [-0.39, 0.29) is 16.8 Å². The Morgan fingerprint density at radius 2 is 2.22 bits per heavy atom. The molecule has 1 aromatic carbocycles. The zero-order chi connectivity index (χ0) is 16.4. The topological polar surface area (TPSA) is 68.0 Å². The van der Waals surface area contributed by atoms with Crippen LogP contribution in [0.15, 0.2) is 34.9 Å². The van der Waals surface area contributed by atoms with Gasteiger partial charge < -0.3 is 9.84 Å². The highest BCUT2D eigenvalue weighted by Gasteiger charge is 2.14. The second-order valence-electron chi connectivity index (χ2n) is 4.73. The van der Waals surface area contributed by atoms with Crippen LogP contribution in [0.4, 0.5) is 4.39 Å². The van der Waals surface area contributed by atoms with E-state index >= 15 is 0 Å². The standard InChI is InChI=1S/C15H11ClFN3O2S/c1-8(21)18-7-10-3-5-13(23-10)14-19-15(22-20-14)9-2-4-12(17)11(16)6-9/h2-6H,7H2,1H3,(H,18,21). The molecule has 2 aromatic heterocycles. The molecule has 0 aliphatic heterocycles. The van der Waals surface area contributed by atoms with Gasteiger partial charge in [-0.15, -0.1) is 11.3 Å². The quantitative estimate of drug-likeness (QED) is 0.774. The van der Waals surface area contributed by atoms with Gasteiger partial charge in [-0.25, -0.2) is 4.39 Å². The number of hydrogen-bond donors (Lipinski definition) is 1. The molecule has 0 spiro atoms. The van der Waals surface area contributed by atoms with Crippen LogP contribution in [0.25, 0.3) is 22.2 Å². The molecule has 0 aliphatic rings. The molecule has 0 fully saturated rings. The third-order valence-corrected chi connectivity index (χ3v) is 4.36. The third kappa shape index (κ3) is 3.57. The average molecular weight is 352 g/mol. The fourth-order valence-corrected chi connectivity index (χ4v) is 2.93. The van der Waals surface area contributed by atoms with Crippen LogP contribution in [0.5, 0.6) is 0 Å². The lowest BCUT2D eigenvalue weighted by atomic mass is 10.2. The maximum Gasteiger partial charge on any atom is 0.258 e. The van der Waals surface area contributed by atoms with Crippen molar-refractivity contribution < 1.29 is 13.7 Å². The first-order valence-electron chi connectivity index (χ1n) is 6.65. The highest BCUT2D eigenvalue weighted by Crippen LogP contribution is 2.29. The number of aromatic nitrogens is 2. The average Bonchev–Trinajstić information content (AvgIpc) is 3.16. The second-order valence-corrected chi connectivity index (χ2v) is 6.30. The Hall–Kier alpha value is -2.25. The zero-order valence-electron chi connectivity index (χ0n) is 12.0. The van der Waals surface area contributed by atoms with Gasteiger partial charge in [0.2, 0.25) is 11.7 Å². The Morgan fingerprint density at radius 3 is 2.96 bits per heavy atom. The molecule has 0 unspecified atom stereocenters. The largest absolute Gasteiger partial charge is 0.351 e. The lowest BCUT2D eigenvalue weighted by molar-refractivity contribution is -0.119. The Balaban J connectivity index is 1.81. The summed E-state index contributed by atoms with van der Waals surface area (Å²) in [6.45, 7) is 1.92. The fraction of sp³-hybridized carbons (Fsp3) is 0.133. The monoisotopic (exact) mass is 351 g/mol. The normalized spacial score (nSPS) is 10.7. The zero-order valence-corrected chi connectivity index (χ0v) is 13.5. The predicted octanol–water partition coefficient (Wildman–Crippen LogP) is 3.89. The van der Waals surface area contributed by atoms with Crippen molar-refractivity contribution in [3.63, 3.8) is 0 Å². The van der Waals surface area contributed by atoms with Gasteiger partial charge in [0.15, 0.2) is 0 Å². The van der Waals surface area contributed by atoms with E-state index in [1.54, 1.807) is 0 Å². The number of carbonyl (C=O) groups excluding carboxylic acids is 1. The smallest absolute Gasteiger partial charge is 0.258 e. The minimum atomic E-state index is -0.504. The summed E-state index contributed by atoms with van der Waals surface area (Å²) in [6.07, 6.45) is 0. The molecule has 0 saturated carbocycles. The lowest BCUT2D eigenvalue weighted by Crippen LogP contribution is -2.17. The van der Waals surface area contributed by atoms with Crippen LogP contribution in [0, 0.1) is 5.82 Å². The van der Waals surface area contributed by atoms with Crippen LogP contribution in [0.1, 0.15) is 11.8 Å². The summed E-state index contributed by atoms with van der Waals surface area (Å²) in [5, 5.41) is 6.65. The van der Waals surface area contributed by atoms with Crippen molar-refractivity contribution in [2.24, 2.45) is 0 Å². The minimum Gasteiger partial charge on any atom is -0.351 e. The maximum atomic E-state index is 13.2. The molecule has 0 radical (unpaired) electrons. The van der Waals surface area contributed by atoms with Gasteiger partial charge in [0.05, 0.1) is 16.4 Å². The van der Waals surface area contributed by atoms with Gasteiger partial charge in [0.25, 0.3) is 5.89 Å². The number of amides is 1. The molecule has 3 rings (SSSR count). The fourth-order valence-electron chi connectivity index (χ4n) is 1.87. The van der Waals surface area contributed by atoms with Gasteiger partial charge in [-0.1, -0.05) is 16.8 Å². The molecular weight excluding hydrogens is 341 g/mol. The van der Waals surface area contributed by atoms with E-state index in [2.05, 4.69) is 15.5 Å². The molecule has 3 aromatic rings. The van der Waals surface area contributed by atoms with Crippen molar-refractivity contribution >= 4 is 28.8 Å². The molecule has 1 N–H and O–H groups in total. The molecule has 0 atom stereocenters. The summed E-state index contributed by atoms with van der Waals surface area (Å²) < 4.78 is 18.4. The van der Waals surface area contributed by atoms with Crippen molar-refractivity contribution in [2.75, 3.05) is 0 Å². The molecule has 0 saturated heterocycles. The van der Waals surface area contributed by atoms with Gasteiger partial charge in [-0.3, -0.25) is 4.79 Å². The molecular formula is C15H11ClFN3O2S. The molecule has 1 amide bonds. The van der Waals surface area contributed by atoms with Crippen molar-refractivity contribution in [3.05, 3.63) is 46.0 Å². The first-order chi connectivity index (χ1) is 11.0. The summed E-state index contributed by atoms with van der Waals surface area (Å²) >= 11 is 7.21. The molecule has 0 aliphatic carbocycles. The SMILES string of the molecule is CC(=O)NCc1ccc(-c2noc(-c3ccc(F)c(Cl)c3)n2)s1. The molecule has 0 bridgehead atoms. The van der Waals surface area contributed by atoms with E-state index in [1.807, 2.05) is 12.1 Å². The number of hydrogen-bond acceptors (Lipinski definition) is 5. The number of benzene rings is 1. The number of thiophene rings is 1. The van der Waals surface area contributed by atoms with E-state index in [9.17, 15) is 9.18 Å². The number of carbonyl (C=O) groups is 1. The van der Waals surface area contributed by atoms with Gasteiger partial charge in [-0.2, -0.15) is 4.98 Å². The van der Waals surface area contributed by atoms with E-state index in [0.717, 1.165) is 9.75 Å². The van der Waals surface area contributed by atoms with E-state index in [0.29, 0.717) is 17.9 Å². The van der Waals surface area contributed by atoms with Gasteiger partial charge in [0, 0.05) is 17.4 Å². The van der Waals surface area contributed by atoms with Crippen LogP contribution in [0.3, 0.4) is 0 Å². The van der Waals surface area contributed by atoms with Crippen LogP contribution < -0.4 is 5.32 Å². The number of nitrogens with one attached hydrogen (secondary N) is 1. The Morgan fingerprint density at radius 1 is 1.39 bits per heavy atom. The number of halogens is 2. The van der Waals surface area contributed by atoms with Crippen molar-refractivity contribution in [3.8, 4) is 22.2 Å². The summed E-state index contributed by atoms with van der Waals surface area (Å²) in [5.74, 6) is 0.101. The van der Waals surface area contributed by atoms with Crippen molar-refractivity contribution in [2.45, 2.75) is 13.5 Å². The summed E-state index contributed by atoms with van der Waals surface area (Å²) in [6, 6.07) is 7.95. The van der Waals surface area contributed by atoms with Gasteiger partial charge in [0.1, 0.15) is 5.82 Å². The van der Waals surface area contributed by atoms with Crippen molar-refractivity contribution in [1.82, 2.24) is 15.5 Å².